The molecule has 1 aliphatic heterocycles. The van der Waals surface area contributed by atoms with Crippen molar-refractivity contribution in [2.24, 2.45) is 0 Å². The van der Waals surface area contributed by atoms with Gasteiger partial charge in [0.2, 0.25) is 0 Å². The maximum atomic E-state index is 12.9. The highest BCUT2D eigenvalue weighted by molar-refractivity contribution is 6.99. The molecule has 33 heavy (non-hydrogen) atoms. The summed E-state index contributed by atoms with van der Waals surface area (Å²) >= 11 is 0. The zero-order chi connectivity index (χ0) is 24.4. The molecule has 0 bridgehead atoms. The number of carbonyl (C=O) groups excluding carboxylic acids is 2. The number of benzene rings is 2. The molecule has 0 unspecified atom stereocenters. The van der Waals surface area contributed by atoms with Crippen LogP contribution in [0.5, 0.6) is 0 Å². The largest absolute Gasteiger partial charge is 0.444 e. The summed E-state index contributed by atoms with van der Waals surface area (Å²) in [6.07, 6.45) is -0.272. The number of amides is 1. The van der Waals surface area contributed by atoms with Gasteiger partial charge in [-0.3, -0.25) is 9.69 Å². The summed E-state index contributed by atoms with van der Waals surface area (Å²) in [6.45, 7) is 14.1. The molecule has 1 aliphatic rings. The first kappa shape index (κ1) is 25.2. The van der Waals surface area contributed by atoms with Crippen molar-refractivity contribution in [3.63, 3.8) is 0 Å². The van der Waals surface area contributed by atoms with Crippen LogP contribution in [0.1, 0.15) is 54.9 Å². The number of likely N-dealkylation sites (tertiary alicyclic amines) is 1. The van der Waals surface area contributed by atoms with Crippen LogP contribution in [0.15, 0.2) is 60.7 Å². The number of hydrogen-bond donors (Lipinski definition) is 0. The van der Waals surface area contributed by atoms with Gasteiger partial charge in [0.25, 0.3) is 8.32 Å². The molecule has 0 aliphatic carbocycles. The fourth-order valence-electron chi connectivity index (χ4n) is 4.81. The second-order valence-electron chi connectivity index (χ2n) is 10.8. The Hall–Kier alpha value is -2.44. The molecule has 3 rings (SSSR count). The van der Waals surface area contributed by atoms with E-state index in [-0.39, 0.29) is 10.8 Å². The Bertz CT molecular complexity index is 924. The monoisotopic (exact) mass is 467 g/mol. The Balaban J connectivity index is 2.08. The van der Waals surface area contributed by atoms with Crippen LogP contribution in [0.25, 0.3) is 0 Å². The molecule has 2 aromatic rings. The highest BCUT2D eigenvalue weighted by Gasteiger charge is 2.54. The van der Waals surface area contributed by atoms with Crippen LogP contribution in [-0.4, -0.2) is 49.4 Å². The Morgan fingerprint density at radius 1 is 0.879 bits per heavy atom. The average molecular weight is 468 g/mol. The summed E-state index contributed by atoms with van der Waals surface area (Å²) in [5.74, 6) is -0.0821. The maximum Gasteiger partial charge on any atom is 0.410 e. The molecule has 2 atom stereocenters. The highest BCUT2D eigenvalue weighted by atomic mass is 28.4. The topological polar surface area (TPSA) is 55.8 Å². The van der Waals surface area contributed by atoms with Crippen LogP contribution in [0.3, 0.4) is 0 Å². The van der Waals surface area contributed by atoms with E-state index >= 15 is 0 Å². The van der Waals surface area contributed by atoms with E-state index in [2.05, 4.69) is 45.0 Å². The van der Waals surface area contributed by atoms with Gasteiger partial charge in [-0.15, -0.1) is 0 Å². The second kappa shape index (κ2) is 9.43. The maximum absolute atomic E-state index is 12.9. The van der Waals surface area contributed by atoms with Gasteiger partial charge in [-0.2, -0.15) is 0 Å². The van der Waals surface area contributed by atoms with Crippen LogP contribution in [0, 0.1) is 0 Å². The third kappa shape index (κ3) is 5.22. The molecular formula is C27H37NO4Si. The number of nitrogens with zero attached hydrogens (tertiary/aromatic N) is 1. The van der Waals surface area contributed by atoms with Crippen molar-refractivity contribution in [1.29, 1.82) is 0 Å². The Morgan fingerprint density at radius 3 is 1.76 bits per heavy atom. The van der Waals surface area contributed by atoms with Crippen molar-refractivity contribution in [2.45, 2.75) is 77.7 Å². The predicted octanol–water partition coefficient (Wildman–Crippen LogP) is 4.53. The van der Waals surface area contributed by atoms with E-state index in [9.17, 15) is 9.59 Å². The van der Waals surface area contributed by atoms with Gasteiger partial charge in [0.05, 0.1) is 6.10 Å². The van der Waals surface area contributed by atoms with E-state index in [4.69, 9.17) is 9.16 Å². The lowest BCUT2D eigenvalue weighted by molar-refractivity contribution is -0.123. The molecule has 2 aromatic carbocycles. The van der Waals surface area contributed by atoms with E-state index in [0.717, 1.165) is 10.4 Å². The minimum Gasteiger partial charge on any atom is -0.444 e. The zero-order valence-electron chi connectivity index (χ0n) is 20.9. The van der Waals surface area contributed by atoms with Crippen molar-refractivity contribution in [1.82, 2.24) is 4.90 Å². The fraction of sp³-hybridized carbons (Fsp3) is 0.481. The van der Waals surface area contributed by atoms with E-state index < -0.39 is 32.2 Å². The van der Waals surface area contributed by atoms with Gasteiger partial charge in [0, 0.05) is 6.54 Å². The van der Waals surface area contributed by atoms with E-state index in [1.807, 2.05) is 57.2 Å². The molecule has 1 heterocycles. The van der Waals surface area contributed by atoms with Gasteiger partial charge in [-0.1, -0.05) is 81.4 Å². The van der Waals surface area contributed by atoms with Crippen molar-refractivity contribution >= 4 is 30.6 Å². The van der Waals surface area contributed by atoms with Crippen molar-refractivity contribution in [3.8, 4) is 0 Å². The molecule has 5 nitrogen and oxygen atoms in total. The molecule has 0 saturated carbocycles. The van der Waals surface area contributed by atoms with E-state index in [1.165, 1.54) is 6.92 Å². The number of carbonyl (C=O) groups is 2. The Labute approximate surface area is 199 Å². The predicted molar refractivity (Wildman–Crippen MR) is 135 cm³/mol. The first-order valence-corrected chi connectivity index (χ1v) is 13.6. The van der Waals surface area contributed by atoms with Crippen molar-refractivity contribution in [2.75, 3.05) is 6.54 Å². The molecule has 0 spiro atoms. The molecular weight excluding hydrogens is 430 g/mol. The number of Topliss-reactive ketones (excluding diaryl/α,β-unsaturated/α-hetero) is 1. The lowest BCUT2D eigenvalue weighted by Gasteiger charge is -2.45. The van der Waals surface area contributed by atoms with Gasteiger partial charge in [-0.25, -0.2) is 4.79 Å². The molecule has 6 heteroatoms. The lowest BCUT2D eigenvalue weighted by atomic mass is 10.1. The summed E-state index contributed by atoms with van der Waals surface area (Å²) in [5.41, 5.74) is -0.630. The second-order valence-corrected chi connectivity index (χ2v) is 15.1. The molecule has 0 N–H and O–H groups in total. The van der Waals surface area contributed by atoms with Crippen LogP contribution in [0.4, 0.5) is 4.79 Å². The minimum atomic E-state index is -2.84. The van der Waals surface area contributed by atoms with Crippen LogP contribution in [-0.2, 0) is 14.0 Å². The molecule has 1 amide bonds. The van der Waals surface area contributed by atoms with Crippen molar-refractivity contribution in [3.05, 3.63) is 60.7 Å². The zero-order valence-corrected chi connectivity index (χ0v) is 21.9. The molecule has 0 aromatic heterocycles. The van der Waals surface area contributed by atoms with Crippen molar-refractivity contribution < 1.29 is 18.8 Å². The number of hydrogen-bond acceptors (Lipinski definition) is 4. The molecule has 178 valence electrons. The minimum absolute atomic E-state index is 0.0821. The lowest BCUT2D eigenvalue weighted by Crippen LogP contribution is -2.68. The average Bonchev–Trinajstić information content (AvgIpc) is 3.15. The number of ether oxygens (including phenoxy) is 1. The Morgan fingerprint density at radius 2 is 1.36 bits per heavy atom. The standard InChI is InChI=1S/C27H37NO4Si/c1-20(29)24-23(18-19-28(24)25(30)31-26(2,3)4)32-33(27(5,6)7,21-14-10-8-11-15-21)22-16-12-9-13-17-22/h8-17,23-24H,18-19H2,1-7H3/t23-,24+/m0/s1. The van der Waals surface area contributed by atoms with Gasteiger partial charge < -0.3 is 9.16 Å². The van der Waals surface area contributed by atoms with Crippen LogP contribution in [0.2, 0.25) is 5.04 Å². The highest BCUT2D eigenvalue weighted by Crippen LogP contribution is 2.39. The summed E-state index contributed by atoms with van der Waals surface area (Å²) in [6, 6.07) is 20.0. The first-order valence-electron chi connectivity index (χ1n) is 11.7. The van der Waals surface area contributed by atoms with E-state index in [1.54, 1.807) is 4.90 Å². The van der Waals surface area contributed by atoms with Crippen LogP contribution >= 0.6 is 0 Å². The molecule has 0 radical (unpaired) electrons. The quantitative estimate of drug-likeness (QED) is 0.606. The van der Waals surface area contributed by atoms with Gasteiger partial charge >= 0.3 is 6.09 Å². The third-order valence-corrected chi connectivity index (χ3v) is 11.2. The molecule has 1 fully saturated rings. The fourth-order valence-corrected chi connectivity index (χ4v) is 9.53. The summed E-state index contributed by atoms with van der Waals surface area (Å²) < 4.78 is 12.8. The van der Waals surface area contributed by atoms with Crippen LogP contribution < -0.4 is 10.4 Å². The van der Waals surface area contributed by atoms with E-state index in [0.29, 0.717) is 13.0 Å². The number of rotatable bonds is 5. The molecule has 1 saturated heterocycles. The SMILES string of the molecule is CC(=O)[C@@H]1[C@@H](O[Si](c2ccccc2)(c2ccccc2)C(C)(C)C)CCN1C(=O)OC(C)(C)C. The third-order valence-electron chi connectivity index (χ3n) is 6.13. The van der Waals surface area contributed by atoms with Gasteiger partial charge in [0.15, 0.2) is 5.78 Å². The van der Waals surface area contributed by atoms with Gasteiger partial charge in [-0.05, 0) is 49.5 Å². The number of ketones is 1. The Kier molecular flexibility index (Phi) is 7.20. The smallest absolute Gasteiger partial charge is 0.410 e. The summed E-state index contributed by atoms with van der Waals surface area (Å²) in [5, 5.41) is 2.10. The normalized spacial score (nSPS) is 19.4. The summed E-state index contributed by atoms with van der Waals surface area (Å²) in [4.78, 5) is 27.3. The first-order chi connectivity index (χ1) is 15.4. The van der Waals surface area contributed by atoms with Gasteiger partial charge in [0.1, 0.15) is 11.6 Å². The summed E-state index contributed by atoms with van der Waals surface area (Å²) in [7, 11) is -2.84.